The smallest absolute Gasteiger partial charge is 0.282 e. The number of nitrogens with one attached hydrogen (secondary N) is 1. The molecule has 0 bridgehead atoms. The van der Waals surface area contributed by atoms with Gasteiger partial charge in [-0.1, -0.05) is 32.8 Å². The summed E-state index contributed by atoms with van der Waals surface area (Å²) in [7, 11) is 0. The van der Waals surface area contributed by atoms with E-state index in [1.807, 2.05) is 6.92 Å². The molecule has 1 N–H and O–H groups in total. The molecule has 0 aromatic heterocycles. The van der Waals surface area contributed by atoms with E-state index in [1.165, 1.54) is 18.2 Å². The Morgan fingerprint density at radius 2 is 1.88 bits per heavy atom. The molecule has 0 fully saturated rings. The summed E-state index contributed by atoms with van der Waals surface area (Å²) in [4.78, 5) is 48.1. The number of nitrogens with zero attached hydrogens (tertiary/aromatic N) is 2. The highest BCUT2D eigenvalue weighted by Gasteiger charge is 2.41. The molecular weight excluding hydrogens is 338 g/mol. The van der Waals surface area contributed by atoms with E-state index in [4.69, 9.17) is 0 Å². The molecule has 0 radical (unpaired) electrons. The van der Waals surface area contributed by atoms with Gasteiger partial charge in [-0.15, -0.1) is 0 Å². The van der Waals surface area contributed by atoms with Gasteiger partial charge in [-0.3, -0.25) is 29.4 Å². The Hall–Kier alpha value is -2.77. The maximum absolute atomic E-state index is 12.4. The number of rotatable bonds is 8. The van der Waals surface area contributed by atoms with Crippen LogP contribution in [-0.4, -0.2) is 40.1 Å². The van der Waals surface area contributed by atoms with Crippen molar-refractivity contribution in [3.8, 4) is 0 Å². The van der Waals surface area contributed by atoms with Crippen LogP contribution in [-0.2, 0) is 4.79 Å². The van der Waals surface area contributed by atoms with Crippen LogP contribution in [0.2, 0.25) is 0 Å². The molecule has 0 unspecified atom stereocenters. The zero-order chi connectivity index (χ0) is 19.4. The lowest BCUT2D eigenvalue weighted by Crippen LogP contribution is -2.43. The molecule has 0 aliphatic carbocycles. The standard InChI is InChI=1S/C18H23N3O5/c1-11(2)6-4-7-12(3)19-15(22)10-20-17(23)13-8-5-9-14(21(25)26)16(13)18(20)24/h5,8-9,11-12H,4,6-7,10H2,1-3H3,(H,19,22)/t12-/m1/s1. The highest BCUT2D eigenvalue weighted by molar-refractivity contribution is 6.24. The van der Waals surface area contributed by atoms with Crippen LogP contribution in [0.3, 0.4) is 0 Å². The summed E-state index contributed by atoms with van der Waals surface area (Å²) in [5, 5.41) is 13.8. The molecule has 1 atom stereocenters. The van der Waals surface area contributed by atoms with Crippen molar-refractivity contribution in [2.24, 2.45) is 5.92 Å². The van der Waals surface area contributed by atoms with Gasteiger partial charge in [0.2, 0.25) is 5.91 Å². The van der Waals surface area contributed by atoms with Gasteiger partial charge in [0.15, 0.2) is 0 Å². The predicted molar refractivity (Wildman–Crippen MR) is 94.8 cm³/mol. The van der Waals surface area contributed by atoms with Crippen molar-refractivity contribution in [1.29, 1.82) is 0 Å². The van der Waals surface area contributed by atoms with Gasteiger partial charge in [0.05, 0.1) is 10.5 Å². The molecular formula is C18H23N3O5. The third kappa shape index (κ3) is 4.25. The van der Waals surface area contributed by atoms with Crippen molar-refractivity contribution in [2.75, 3.05) is 6.54 Å². The van der Waals surface area contributed by atoms with Crippen LogP contribution in [0.1, 0.15) is 60.7 Å². The molecule has 140 valence electrons. The van der Waals surface area contributed by atoms with Gasteiger partial charge in [0, 0.05) is 12.1 Å². The van der Waals surface area contributed by atoms with Gasteiger partial charge in [-0.2, -0.15) is 0 Å². The first-order chi connectivity index (χ1) is 12.2. The summed E-state index contributed by atoms with van der Waals surface area (Å²) < 4.78 is 0. The van der Waals surface area contributed by atoms with E-state index in [9.17, 15) is 24.5 Å². The van der Waals surface area contributed by atoms with Crippen molar-refractivity contribution < 1.29 is 19.3 Å². The molecule has 1 aromatic carbocycles. The van der Waals surface area contributed by atoms with Crippen molar-refractivity contribution >= 4 is 23.4 Å². The molecule has 26 heavy (non-hydrogen) atoms. The number of nitro groups is 1. The van der Waals surface area contributed by atoms with Crippen LogP contribution in [0.5, 0.6) is 0 Å². The number of benzene rings is 1. The number of nitro benzene ring substituents is 1. The molecule has 1 heterocycles. The van der Waals surface area contributed by atoms with E-state index >= 15 is 0 Å². The van der Waals surface area contributed by atoms with Gasteiger partial charge >= 0.3 is 0 Å². The normalized spacial score (nSPS) is 14.5. The van der Waals surface area contributed by atoms with Crippen LogP contribution in [0.4, 0.5) is 5.69 Å². The molecule has 8 nitrogen and oxygen atoms in total. The number of fused-ring (bicyclic) bond motifs is 1. The molecule has 1 aliphatic rings. The second-order valence-corrected chi connectivity index (χ2v) is 6.95. The van der Waals surface area contributed by atoms with Crippen molar-refractivity contribution in [1.82, 2.24) is 10.2 Å². The van der Waals surface area contributed by atoms with Gasteiger partial charge in [-0.25, -0.2) is 0 Å². The van der Waals surface area contributed by atoms with Gasteiger partial charge in [-0.05, 0) is 25.3 Å². The fourth-order valence-corrected chi connectivity index (χ4v) is 2.98. The Morgan fingerprint density at radius 1 is 1.19 bits per heavy atom. The lowest BCUT2D eigenvalue weighted by Gasteiger charge is -2.17. The Bertz CT molecular complexity index is 744. The van der Waals surface area contributed by atoms with E-state index in [-0.39, 0.29) is 17.2 Å². The minimum absolute atomic E-state index is 0.0398. The Labute approximate surface area is 151 Å². The minimum atomic E-state index is -0.806. The Morgan fingerprint density at radius 3 is 2.50 bits per heavy atom. The van der Waals surface area contributed by atoms with Crippen LogP contribution < -0.4 is 5.32 Å². The third-order valence-electron chi connectivity index (χ3n) is 4.30. The quantitative estimate of drug-likeness (QED) is 0.435. The molecule has 0 spiro atoms. The molecule has 3 amide bonds. The van der Waals surface area contributed by atoms with Crippen LogP contribution in [0.15, 0.2) is 18.2 Å². The van der Waals surface area contributed by atoms with Crippen LogP contribution in [0, 0.1) is 16.0 Å². The zero-order valence-electron chi connectivity index (χ0n) is 15.2. The first-order valence-corrected chi connectivity index (χ1v) is 8.65. The number of imide groups is 1. The number of hydrogen-bond donors (Lipinski definition) is 1. The van der Waals surface area contributed by atoms with Crippen LogP contribution in [0.25, 0.3) is 0 Å². The molecule has 8 heteroatoms. The predicted octanol–water partition coefficient (Wildman–Crippen LogP) is 2.52. The number of hydrogen-bond acceptors (Lipinski definition) is 5. The van der Waals surface area contributed by atoms with E-state index in [1.54, 1.807) is 0 Å². The summed E-state index contributed by atoms with van der Waals surface area (Å²) in [6.45, 7) is 5.68. The average molecular weight is 361 g/mol. The zero-order valence-corrected chi connectivity index (χ0v) is 15.2. The summed E-state index contributed by atoms with van der Waals surface area (Å²) in [6, 6.07) is 3.80. The van der Waals surface area contributed by atoms with E-state index in [0.717, 1.165) is 24.2 Å². The van der Waals surface area contributed by atoms with Gasteiger partial charge < -0.3 is 5.32 Å². The van der Waals surface area contributed by atoms with Gasteiger partial charge in [0.1, 0.15) is 12.1 Å². The Kier molecular flexibility index (Phi) is 6.07. The highest BCUT2D eigenvalue weighted by atomic mass is 16.6. The number of carbonyl (C=O) groups excluding carboxylic acids is 3. The summed E-state index contributed by atoms with van der Waals surface area (Å²) >= 11 is 0. The highest BCUT2D eigenvalue weighted by Crippen LogP contribution is 2.30. The lowest BCUT2D eigenvalue weighted by molar-refractivity contribution is -0.385. The summed E-state index contributed by atoms with van der Waals surface area (Å²) in [5.41, 5.74) is -0.715. The lowest BCUT2D eigenvalue weighted by atomic mass is 10.0. The van der Waals surface area contributed by atoms with E-state index < -0.39 is 34.9 Å². The first-order valence-electron chi connectivity index (χ1n) is 8.65. The molecule has 0 saturated heterocycles. The minimum Gasteiger partial charge on any atom is -0.352 e. The number of carbonyl (C=O) groups is 3. The average Bonchev–Trinajstić information content (AvgIpc) is 2.79. The second kappa shape index (κ2) is 8.07. The van der Waals surface area contributed by atoms with E-state index in [2.05, 4.69) is 19.2 Å². The van der Waals surface area contributed by atoms with Crippen molar-refractivity contribution in [3.63, 3.8) is 0 Å². The topological polar surface area (TPSA) is 110 Å². The maximum Gasteiger partial charge on any atom is 0.282 e. The first kappa shape index (κ1) is 19.6. The van der Waals surface area contributed by atoms with Gasteiger partial charge in [0.25, 0.3) is 17.5 Å². The van der Waals surface area contributed by atoms with Crippen molar-refractivity contribution in [2.45, 2.75) is 46.1 Å². The summed E-state index contributed by atoms with van der Waals surface area (Å²) in [5.74, 6) is -1.36. The molecule has 1 aliphatic heterocycles. The third-order valence-corrected chi connectivity index (χ3v) is 4.30. The largest absolute Gasteiger partial charge is 0.352 e. The van der Waals surface area contributed by atoms with Crippen molar-refractivity contribution in [3.05, 3.63) is 39.4 Å². The number of amides is 3. The second-order valence-electron chi connectivity index (χ2n) is 6.95. The molecule has 1 aromatic rings. The monoisotopic (exact) mass is 361 g/mol. The molecule has 2 rings (SSSR count). The summed E-state index contributed by atoms with van der Waals surface area (Å²) in [6.07, 6.45) is 2.83. The van der Waals surface area contributed by atoms with Crippen LogP contribution >= 0.6 is 0 Å². The Balaban J connectivity index is 2.01. The SMILES string of the molecule is CC(C)CCC[C@@H](C)NC(=O)CN1C(=O)c2cccc([N+](=O)[O-])c2C1=O. The fraction of sp³-hybridized carbons (Fsp3) is 0.500. The fourth-order valence-electron chi connectivity index (χ4n) is 2.98. The van der Waals surface area contributed by atoms with E-state index in [0.29, 0.717) is 5.92 Å². The molecule has 0 saturated carbocycles. The maximum atomic E-state index is 12.4.